The number of benzene rings is 2. The van der Waals surface area contributed by atoms with Crippen LogP contribution in [-0.2, 0) is 22.6 Å². The molecule has 2 aromatic rings. The summed E-state index contributed by atoms with van der Waals surface area (Å²) in [5.41, 5.74) is 2.43. The van der Waals surface area contributed by atoms with Gasteiger partial charge in [0, 0.05) is 26.2 Å². The van der Waals surface area contributed by atoms with Crippen molar-refractivity contribution in [1.82, 2.24) is 9.80 Å². The van der Waals surface area contributed by atoms with Crippen LogP contribution in [0, 0.1) is 11.8 Å². The highest BCUT2D eigenvalue weighted by Crippen LogP contribution is 2.39. The lowest BCUT2D eigenvalue weighted by molar-refractivity contribution is -0.139. The molecule has 0 aromatic heterocycles. The Bertz CT molecular complexity index is 775. The minimum atomic E-state index is -0.221. The SMILES string of the molecule is CN1C(=O)[C@@H]2[C@@H](Cc3ccccc3)N(Cc3ccccc3)C[C@H]2C1=O. The zero-order valence-electron chi connectivity index (χ0n) is 14.3. The van der Waals surface area contributed by atoms with Crippen molar-refractivity contribution >= 4 is 11.8 Å². The van der Waals surface area contributed by atoms with Gasteiger partial charge in [-0.15, -0.1) is 0 Å². The Morgan fingerprint density at radius 3 is 2.12 bits per heavy atom. The number of amides is 2. The number of imide groups is 1. The largest absolute Gasteiger partial charge is 0.294 e. The number of hydrogen-bond acceptors (Lipinski definition) is 3. The lowest BCUT2D eigenvalue weighted by Crippen LogP contribution is -2.40. The van der Waals surface area contributed by atoms with Gasteiger partial charge < -0.3 is 0 Å². The van der Waals surface area contributed by atoms with Crippen molar-refractivity contribution in [1.29, 1.82) is 0 Å². The number of carbonyl (C=O) groups excluding carboxylic acids is 2. The van der Waals surface area contributed by atoms with Crippen LogP contribution < -0.4 is 0 Å². The zero-order valence-corrected chi connectivity index (χ0v) is 14.3. The summed E-state index contributed by atoms with van der Waals surface area (Å²) in [6, 6.07) is 20.6. The summed E-state index contributed by atoms with van der Waals surface area (Å²) < 4.78 is 0. The highest BCUT2D eigenvalue weighted by molar-refractivity contribution is 6.05. The Labute approximate surface area is 148 Å². The maximum atomic E-state index is 12.7. The first-order chi connectivity index (χ1) is 12.1. The molecular weight excluding hydrogens is 312 g/mol. The average molecular weight is 334 g/mol. The molecule has 0 radical (unpaired) electrons. The van der Waals surface area contributed by atoms with Crippen LogP contribution in [-0.4, -0.2) is 41.2 Å². The van der Waals surface area contributed by atoms with E-state index < -0.39 is 0 Å². The van der Waals surface area contributed by atoms with Crippen molar-refractivity contribution in [3.8, 4) is 0 Å². The molecule has 128 valence electrons. The van der Waals surface area contributed by atoms with Gasteiger partial charge in [0.25, 0.3) is 0 Å². The minimum Gasteiger partial charge on any atom is -0.294 e. The molecule has 2 aliphatic rings. The third kappa shape index (κ3) is 2.87. The molecule has 0 spiro atoms. The molecule has 4 nitrogen and oxygen atoms in total. The van der Waals surface area contributed by atoms with E-state index in [0.29, 0.717) is 6.54 Å². The van der Waals surface area contributed by atoms with Gasteiger partial charge in [-0.3, -0.25) is 19.4 Å². The van der Waals surface area contributed by atoms with E-state index in [1.165, 1.54) is 16.0 Å². The van der Waals surface area contributed by atoms with E-state index in [-0.39, 0.29) is 29.7 Å². The highest BCUT2D eigenvalue weighted by atomic mass is 16.2. The second-order valence-electron chi connectivity index (χ2n) is 7.04. The second-order valence-corrected chi connectivity index (χ2v) is 7.04. The Morgan fingerprint density at radius 1 is 0.880 bits per heavy atom. The van der Waals surface area contributed by atoms with Crippen LogP contribution in [0.1, 0.15) is 11.1 Å². The summed E-state index contributed by atoms with van der Waals surface area (Å²) in [5, 5.41) is 0. The van der Waals surface area contributed by atoms with Gasteiger partial charge in [-0.05, 0) is 17.5 Å². The van der Waals surface area contributed by atoms with Crippen LogP contribution in [0.15, 0.2) is 60.7 Å². The van der Waals surface area contributed by atoms with Gasteiger partial charge in [-0.2, -0.15) is 0 Å². The predicted molar refractivity (Wildman–Crippen MR) is 95.5 cm³/mol. The Balaban J connectivity index is 1.63. The van der Waals surface area contributed by atoms with E-state index in [9.17, 15) is 9.59 Å². The van der Waals surface area contributed by atoms with E-state index in [4.69, 9.17) is 0 Å². The maximum absolute atomic E-state index is 12.7. The van der Waals surface area contributed by atoms with Crippen molar-refractivity contribution in [2.45, 2.75) is 19.0 Å². The van der Waals surface area contributed by atoms with E-state index in [2.05, 4.69) is 29.2 Å². The lowest BCUT2D eigenvalue weighted by atomic mass is 9.89. The van der Waals surface area contributed by atoms with Gasteiger partial charge in [-0.1, -0.05) is 60.7 Å². The molecule has 2 aliphatic heterocycles. The van der Waals surface area contributed by atoms with Crippen LogP contribution in [0.4, 0.5) is 0 Å². The molecule has 2 aromatic carbocycles. The Kier molecular flexibility index (Phi) is 4.14. The first kappa shape index (κ1) is 16.0. The van der Waals surface area contributed by atoms with E-state index in [1.807, 2.05) is 36.4 Å². The predicted octanol–water partition coefficient (Wildman–Crippen LogP) is 2.34. The van der Waals surface area contributed by atoms with Crippen LogP contribution in [0.2, 0.25) is 0 Å². The molecule has 2 heterocycles. The molecule has 0 unspecified atom stereocenters. The molecule has 0 bridgehead atoms. The first-order valence-corrected chi connectivity index (χ1v) is 8.78. The van der Waals surface area contributed by atoms with E-state index in [1.54, 1.807) is 7.05 Å². The zero-order chi connectivity index (χ0) is 17.4. The molecule has 0 saturated carbocycles. The molecular formula is C21H22N2O2. The molecule has 4 rings (SSSR count). The van der Waals surface area contributed by atoms with E-state index >= 15 is 0 Å². The third-order valence-electron chi connectivity index (χ3n) is 5.53. The van der Waals surface area contributed by atoms with Crippen molar-refractivity contribution in [3.05, 3.63) is 71.8 Å². The van der Waals surface area contributed by atoms with Gasteiger partial charge in [0.15, 0.2) is 0 Å². The van der Waals surface area contributed by atoms with Crippen LogP contribution >= 0.6 is 0 Å². The van der Waals surface area contributed by atoms with Crippen molar-refractivity contribution in [3.63, 3.8) is 0 Å². The number of nitrogens with zero attached hydrogens (tertiary/aromatic N) is 2. The summed E-state index contributed by atoms with van der Waals surface area (Å²) in [7, 11) is 1.62. The van der Waals surface area contributed by atoms with Crippen LogP contribution in [0.5, 0.6) is 0 Å². The van der Waals surface area contributed by atoms with Crippen molar-refractivity contribution in [2.75, 3.05) is 13.6 Å². The highest BCUT2D eigenvalue weighted by Gasteiger charge is 2.55. The molecule has 0 aliphatic carbocycles. The normalized spacial score (nSPS) is 26.3. The average Bonchev–Trinajstić information content (AvgIpc) is 3.08. The lowest BCUT2D eigenvalue weighted by Gasteiger charge is -2.28. The Morgan fingerprint density at radius 2 is 1.48 bits per heavy atom. The fraction of sp³-hybridized carbons (Fsp3) is 0.333. The first-order valence-electron chi connectivity index (χ1n) is 8.78. The topological polar surface area (TPSA) is 40.6 Å². The second kappa shape index (κ2) is 6.45. The quantitative estimate of drug-likeness (QED) is 0.806. The van der Waals surface area contributed by atoms with E-state index in [0.717, 1.165) is 13.0 Å². The summed E-state index contributed by atoms with van der Waals surface area (Å²) in [6.45, 7) is 1.43. The Hall–Kier alpha value is -2.46. The van der Waals surface area contributed by atoms with Crippen molar-refractivity contribution in [2.24, 2.45) is 11.8 Å². The summed E-state index contributed by atoms with van der Waals surface area (Å²) in [5.74, 6) is -0.466. The van der Waals surface area contributed by atoms with Crippen molar-refractivity contribution < 1.29 is 9.59 Å². The molecule has 0 N–H and O–H groups in total. The summed E-state index contributed by atoms with van der Waals surface area (Å²) >= 11 is 0. The van der Waals surface area contributed by atoms with Gasteiger partial charge in [-0.25, -0.2) is 0 Å². The molecule has 2 saturated heterocycles. The number of likely N-dealkylation sites (tertiary alicyclic amines) is 2. The monoisotopic (exact) mass is 334 g/mol. The number of hydrogen-bond donors (Lipinski definition) is 0. The summed E-state index contributed by atoms with van der Waals surface area (Å²) in [4.78, 5) is 28.8. The molecule has 25 heavy (non-hydrogen) atoms. The number of carbonyl (C=O) groups is 2. The fourth-order valence-electron chi connectivity index (χ4n) is 4.26. The van der Waals surface area contributed by atoms with Gasteiger partial charge in [0.05, 0.1) is 11.8 Å². The standard InChI is InChI=1S/C21H22N2O2/c1-22-20(24)17-14-23(13-16-10-6-3-7-11-16)18(19(17)21(22)25)12-15-8-4-2-5-9-15/h2-11,17-19H,12-14H2,1H3/t17-,18-,19+/m1/s1. The smallest absolute Gasteiger partial charge is 0.234 e. The molecule has 2 amide bonds. The maximum Gasteiger partial charge on any atom is 0.234 e. The third-order valence-corrected chi connectivity index (χ3v) is 5.53. The molecule has 4 heteroatoms. The number of fused-ring (bicyclic) bond motifs is 1. The summed E-state index contributed by atoms with van der Waals surface area (Å²) in [6.07, 6.45) is 0.793. The molecule has 2 fully saturated rings. The van der Waals surface area contributed by atoms with Gasteiger partial charge in [0.1, 0.15) is 0 Å². The van der Waals surface area contributed by atoms with Gasteiger partial charge in [0.2, 0.25) is 11.8 Å². The minimum absolute atomic E-state index is 0.0218. The fourth-order valence-corrected chi connectivity index (χ4v) is 4.26. The molecule has 3 atom stereocenters. The van der Waals surface area contributed by atoms with Crippen LogP contribution in [0.3, 0.4) is 0 Å². The van der Waals surface area contributed by atoms with Gasteiger partial charge >= 0.3 is 0 Å². The number of rotatable bonds is 4. The van der Waals surface area contributed by atoms with Crippen LogP contribution in [0.25, 0.3) is 0 Å².